The highest BCUT2D eigenvalue weighted by molar-refractivity contribution is 5.19. The summed E-state index contributed by atoms with van der Waals surface area (Å²) in [6.07, 6.45) is 2.18. The van der Waals surface area contributed by atoms with Crippen molar-refractivity contribution in [2.24, 2.45) is 0 Å². The van der Waals surface area contributed by atoms with Gasteiger partial charge >= 0.3 is 0 Å². The molecule has 0 spiro atoms. The van der Waals surface area contributed by atoms with Gasteiger partial charge in [-0.3, -0.25) is 0 Å². The van der Waals surface area contributed by atoms with Crippen LogP contribution in [0.5, 0.6) is 0 Å². The van der Waals surface area contributed by atoms with Gasteiger partial charge in [-0.2, -0.15) is 0 Å². The van der Waals surface area contributed by atoms with E-state index in [-0.39, 0.29) is 6.10 Å². The molecule has 0 aliphatic rings. The first-order chi connectivity index (χ1) is 8.38. The number of hydrogen-bond acceptors (Lipinski definition) is 1. The van der Waals surface area contributed by atoms with E-state index in [2.05, 4.69) is 48.5 Å². The fourth-order valence-corrected chi connectivity index (χ4v) is 1.99. The zero-order valence-corrected chi connectivity index (χ0v) is 10.2. The quantitative estimate of drug-likeness (QED) is 0.758. The summed E-state index contributed by atoms with van der Waals surface area (Å²) in [5.74, 6) is 0. The van der Waals surface area contributed by atoms with E-state index in [4.69, 9.17) is 4.74 Å². The van der Waals surface area contributed by atoms with E-state index in [0.717, 1.165) is 12.8 Å². The molecule has 0 bridgehead atoms. The van der Waals surface area contributed by atoms with Gasteiger partial charge in [0.25, 0.3) is 0 Å². The lowest BCUT2D eigenvalue weighted by Crippen LogP contribution is -2.17. The van der Waals surface area contributed by atoms with Crippen LogP contribution in [0.2, 0.25) is 0 Å². The van der Waals surface area contributed by atoms with Crippen molar-refractivity contribution >= 4 is 0 Å². The number of hydrogen-bond donors (Lipinski definition) is 0. The third kappa shape index (κ3) is 3.72. The Morgan fingerprint density at radius 1 is 0.765 bits per heavy atom. The first kappa shape index (κ1) is 11.9. The molecule has 0 saturated heterocycles. The molecule has 0 unspecified atom stereocenters. The molecule has 2 aromatic carbocycles. The van der Waals surface area contributed by atoms with Crippen LogP contribution in [0.1, 0.15) is 11.1 Å². The molecule has 88 valence electrons. The standard InChI is InChI=1S/C16H18O/c1-17-16(12-14-8-4-2-5-9-14)13-15-10-6-3-7-11-15/h2-11,16H,12-13H2,1H3. The third-order valence-electron chi connectivity index (χ3n) is 2.95. The Bertz CT molecular complexity index is 380. The monoisotopic (exact) mass is 226 g/mol. The van der Waals surface area contributed by atoms with Gasteiger partial charge in [0.15, 0.2) is 0 Å². The Hall–Kier alpha value is -1.60. The summed E-state index contributed by atoms with van der Waals surface area (Å²) in [6.45, 7) is 0. The maximum Gasteiger partial charge on any atom is 0.0651 e. The van der Waals surface area contributed by atoms with Crippen molar-refractivity contribution < 1.29 is 4.74 Å². The van der Waals surface area contributed by atoms with Gasteiger partial charge in [0.2, 0.25) is 0 Å². The summed E-state index contributed by atoms with van der Waals surface area (Å²) >= 11 is 0. The van der Waals surface area contributed by atoms with E-state index in [1.807, 2.05) is 12.1 Å². The lowest BCUT2D eigenvalue weighted by molar-refractivity contribution is 0.103. The zero-order valence-electron chi connectivity index (χ0n) is 10.2. The minimum atomic E-state index is 0.250. The van der Waals surface area contributed by atoms with E-state index in [0.29, 0.717) is 0 Å². The number of methoxy groups -OCH3 is 1. The fraction of sp³-hybridized carbons (Fsp3) is 0.250. The van der Waals surface area contributed by atoms with Crippen molar-refractivity contribution in [1.29, 1.82) is 0 Å². The minimum absolute atomic E-state index is 0.250. The average molecular weight is 226 g/mol. The maximum atomic E-state index is 5.56. The van der Waals surface area contributed by atoms with Gasteiger partial charge < -0.3 is 4.74 Å². The Morgan fingerprint density at radius 3 is 1.53 bits per heavy atom. The van der Waals surface area contributed by atoms with Crippen LogP contribution < -0.4 is 0 Å². The van der Waals surface area contributed by atoms with Crippen LogP contribution in [-0.4, -0.2) is 13.2 Å². The fourth-order valence-electron chi connectivity index (χ4n) is 1.99. The first-order valence-corrected chi connectivity index (χ1v) is 5.99. The Morgan fingerprint density at radius 2 is 1.18 bits per heavy atom. The second kappa shape index (κ2) is 6.21. The van der Waals surface area contributed by atoms with Gasteiger partial charge in [-0.1, -0.05) is 60.7 Å². The van der Waals surface area contributed by atoms with Crippen LogP contribution >= 0.6 is 0 Å². The highest BCUT2D eigenvalue weighted by Crippen LogP contribution is 2.11. The van der Waals surface area contributed by atoms with Crippen LogP contribution in [0.25, 0.3) is 0 Å². The number of benzene rings is 2. The summed E-state index contributed by atoms with van der Waals surface area (Å²) in [5.41, 5.74) is 2.66. The molecule has 17 heavy (non-hydrogen) atoms. The van der Waals surface area contributed by atoms with E-state index < -0.39 is 0 Å². The van der Waals surface area contributed by atoms with Crippen LogP contribution in [0.4, 0.5) is 0 Å². The summed E-state index contributed by atoms with van der Waals surface area (Å²) in [4.78, 5) is 0. The first-order valence-electron chi connectivity index (χ1n) is 5.99. The van der Waals surface area contributed by atoms with Gasteiger partial charge in [0.1, 0.15) is 0 Å². The molecule has 0 N–H and O–H groups in total. The highest BCUT2D eigenvalue weighted by Gasteiger charge is 2.09. The molecule has 0 heterocycles. The van der Waals surface area contributed by atoms with Gasteiger partial charge in [-0.25, -0.2) is 0 Å². The Kier molecular flexibility index (Phi) is 4.34. The molecule has 0 amide bonds. The molecule has 0 saturated carbocycles. The lowest BCUT2D eigenvalue weighted by atomic mass is 10.0. The smallest absolute Gasteiger partial charge is 0.0651 e. The van der Waals surface area contributed by atoms with E-state index >= 15 is 0 Å². The van der Waals surface area contributed by atoms with Gasteiger partial charge in [-0.05, 0) is 24.0 Å². The average Bonchev–Trinajstić information content (AvgIpc) is 2.40. The van der Waals surface area contributed by atoms with E-state index in [9.17, 15) is 0 Å². The third-order valence-corrected chi connectivity index (χ3v) is 2.95. The maximum absolute atomic E-state index is 5.56. The Balaban J connectivity index is 1.98. The molecule has 0 radical (unpaired) electrons. The van der Waals surface area contributed by atoms with Crippen molar-refractivity contribution in [3.63, 3.8) is 0 Å². The zero-order chi connectivity index (χ0) is 11.9. The molecular formula is C16H18O. The topological polar surface area (TPSA) is 9.23 Å². The van der Waals surface area contributed by atoms with E-state index in [1.165, 1.54) is 11.1 Å². The summed E-state index contributed by atoms with van der Waals surface area (Å²) in [5, 5.41) is 0. The van der Waals surface area contributed by atoms with E-state index in [1.54, 1.807) is 7.11 Å². The van der Waals surface area contributed by atoms with Crippen LogP contribution in [0.15, 0.2) is 60.7 Å². The van der Waals surface area contributed by atoms with Crippen molar-refractivity contribution in [3.05, 3.63) is 71.8 Å². The largest absolute Gasteiger partial charge is 0.381 e. The van der Waals surface area contributed by atoms with Crippen molar-refractivity contribution in [1.82, 2.24) is 0 Å². The predicted molar refractivity (Wildman–Crippen MR) is 71.1 cm³/mol. The molecule has 2 aromatic rings. The molecular weight excluding hydrogens is 208 g/mol. The van der Waals surface area contributed by atoms with Crippen molar-refractivity contribution in [2.75, 3.05) is 7.11 Å². The molecule has 0 aliphatic carbocycles. The Labute approximate surface area is 103 Å². The summed E-state index contributed by atoms with van der Waals surface area (Å²) in [7, 11) is 1.79. The molecule has 1 nitrogen and oxygen atoms in total. The second-order valence-electron chi connectivity index (χ2n) is 4.24. The van der Waals surface area contributed by atoms with Gasteiger partial charge in [0.05, 0.1) is 6.10 Å². The molecule has 0 atom stereocenters. The van der Waals surface area contributed by atoms with Crippen LogP contribution in [-0.2, 0) is 17.6 Å². The number of ether oxygens (including phenoxy) is 1. The highest BCUT2D eigenvalue weighted by atomic mass is 16.5. The lowest BCUT2D eigenvalue weighted by Gasteiger charge is -2.15. The molecule has 2 rings (SSSR count). The van der Waals surface area contributed by atoms with Crippen LogP contribution in [0.3, 0.4) is 0 Å². The predicted octanol–water partition coefficient (Wildman–Crippen LogP) is 3.49. The number of rotatable bonds is 5. The second-order valence-corrected chi connectivity index (χ2v) is 4.24. The van der Waals surface area contributed by atoms with Crippen molar-refractivity contribution in [3.8, 4) is 0 Å². The molecule has 0 aliphatic heterocycles. The van der Waals surface area contributed by atoms with Gasteiger partial charge in [-0.15, -0.1) is 0 Å². The molecule has 0 fully saturated rings. The summed E-state index contributed by atoms with van der Waals surface area (Å²) in [6, 6.07) is 21.0. The molecule has 0 aromatic heterocycles. The van der Waals surface area contributed by atoms with Gasteiger partial charge in [0, 0.05) is 7.11 Å². The summed E-state index contributed by atoms with van der Waals surface area (Å²) < 4.78 is 5.56. The minimum Gasteiger partial charge on any atom is -0.381 e. The van der Waals surface area contributed by atoms with Crippen LogP contribution in [0, 0.1) is 0 Å². The normalized spacial score (nSPS) is 10.7. The SMILES string of the molecule is COC(Cc1ccccc1)Cc1ccccc1. The van der Waals surface area contributed by atoms with Crippen molar-refractivity contribution in [2.45, 2.75) is 18.9 Å². The molecule has 1 heteroatoms.